The van der Waals surface area contributed by atoms with Gasteiger partial charge in [-0.25, -0.2) is 0 Å². The summed E-state index contributed by atoms with van der Waals surface area (Å²) in [6, 6.07) is 7.72. The van der Waals surface area contributed by atoms with Gasteiger partial charge in [-0.3, -0.25) is 0 Å². The number of hydrogen-bond acceptors (Lipinski definition) is 3. The zero-order valence-corrected chi connectivity index (χ0v) is 8.53. The van der Waals surface area contributed by atoms with Crippen molar-refractivity contribution in [2.75, 3.05) is 0 Å². The van der Waals surface area contributed by atoms with Crippen LogP contribution in [0.4, 0.5) is 0 Å². The molecule has 0 saturated heterocycles. The van der Waals surface area contributed by atoms with Crippen molar-refractivity contribution in [3.8, 4) is 11.1 Å². The number of aryl methyl sites for hydroxylation is 1. The molecule has 15 heavy (non-hydrogen) atoms. The van der Waals surface area contributed by atoms with E-state index in [1.807, 2.05) is 31.2 Å². The molecule has 0 amide bonds. The van der Waals surface area contributed by atoms with Crippen LogP contribution in [0, 0.1) is 13.8 Å². The van der Waals surface area contributed by atoms with Crippen molar-refractivity contribution in [2.45, 2.75) is 13.5 Å². The van der Waals surface area contributed by atoms with Gasteiger partial charge in [-0.1, -0.05) is 29.4 Å². The van der Waals surface area contributed by atoms with E-state index < -0.39 is 0 Å². The Balaban J connectivity index is 2.63. The molecular formula is C12H12NO2. The van der Waals surface area contributed by atoms with E-state index in [0.29, 0.717) is 11.5 Å². The summed E-state index contributed by atoms with van der Waals surface area (Å²) in [5, 5.41) is 12.9. The van der Waals surface area contributed by atoms with Gasteiger partial charge in [0.2, 0.25) is 0 Å². The van der Waals surface area contributed by atoms with Gasteiger partial charge in [0.05, 0.1) is 12.2 Å². The number of aromatic nitrogens is 1. The van der Waals surface area contributed by atoms with E-state index in [1.165, 1.54) is 0 Å². The van der Waals surface area contributed by atoms with Gasteiger partial charge in [0.1, 0.15) is 11.5 Å². The van der Waals surface area contributed by atoms with Crippen molar-refractivity contribution >= 4 is 0 Å². The van der Waals surface area contributed by atoms with Crippen molar-refractivity contribution < 1.29 is 9.63 Å². The molecule has 0 fully saturated rings. The van der Waals surface area contributed by atoms with Crippen molar-refractivity contribution in [3.63, 3.8) is 0 Å². The molecule has 0 aliphatic heterocycles. The van der Waals surface area contributed by atoms with Gasteiger partial charge in [0.25, 0.3) is 0 Å². The first kappa shape index (κ1) is 9.93. The predicted molar refractivity (Wildman–Crippen MR) is 57.1 cm³/mol. The fourth-order valence-corrected chi connectivity index (χ4v) is 1.64. The molecule has 3 nitrogen and oxygen atoms in total. The average molecular weight is 202 g/mol. The lowest BCUT2D eigenvalue weighted by atomic mass is 9.99. The summed E-state index contributed by atoms with van der Waals surface area (Å²) in [6.07, 6.45) is 0. The normalized spacial score (nSPS) is 10.6. The highest BCUT2D eigenvalue weighted by atomic mass is 16.5. The zero-order chi connectivity index (χ0) is 10.8. The van der Waals surface area contributed by atoms with Crippen molar-refractivity contribution in [2.24, 2.45) is 0 Å². The topological polar surface area (TPSA) is 46.3 Å². The minimum atomic E-state index is -0.124. The average Bonchev–Trinajstić information content (AvgIpc) is 2.60. The fourth-order valence-electron chi connectivity index (χ4n) is 1.64. The maximum Gasteiger partial charge on any atom is 0.141 e. The number of benzene rings is 1. The van der Waals surface area contributed by atoms with Crippen LogP contribution in [0.5, 0.6) is 0 Å². The Labute approximate surface area is 88.3 Å². The van der Waals surface area contributed by atoms with Gasteiger partial charge in [0.15, 0.2) is 0 Å². The number of aliphatic hydroxyl groups excluding tert-OH is 1. The van der Waals surface area contributed by atoms with Gasteiger partial charge in [-0.05, 0) is 25.0 Å². The van der Waals surface area contributed by atoms with Crippen LogP contribution in [0.2, 0.25) is 0 Å². The first-order valence-corrected chi connectivity index (χ1v) is 4.71. The summed E-state index contributed by atoms with van der Waals surface area (Å²) in [4.78, 5) is 0. The van der Waals surface area contributed by atoms with Crippen LogP contribution in [0.15, 0.2) is 28.8 Å². The second kappa shape index (κ2) is 3.87. The summed E-state index contributed by atoms with van der Waals surface area (Å²) in [5.41, 5.74) is 3.27. The smallest absolute Gasteiger partial charge is 0.141 e. The Kier molecular flexibility index (Phi) is 2.56. The highest BCUT2D eigenvalue weighted by molar-refractivity contribution is 5.71. The van der Waals surface area contributed by atoms with Crippen LogP contribution in [-0.2, 0) is 6.61 Å². The summed E-state index contributed by atoms with van der Waals surface area (Å²) >= 11 is 0. The van der Waals surface area contributed by atoms with Gasteiger partial charge >= 0.3 is 0 Å². The minimum absolute atomic E-state index is 0.124. The third-order valence-electron chi connectivity index (χ3n) is 2.37. The summed E-state index contributed by atoms with van der Waals surface area (Å²) in [5.74, 6) is 0.704. The van der Waals surface area contributed by atoms with Crippen LogP contribution in [0.1, 0.15) is 17.0 Å². The van der Waals surface area contributed by atoms with E-state index in [0.717, 1.165) is 16.7 Å². The quantitative estimate of drug-likeness (QED) is 0.812. The molecule has 0 bridgehead atoms. The summed E-state index contributed by atoms with van der Waals surface area (Å²) in [7, 11) is 0. The predicted octanol–water partition coefficient (Wildman–Crippen LogP) is 2.32. The van der Waals surface area contributed by atoms with Gasteiger partial charge in [-0.2, -0.15) is 0 Å². The molecule has 1 aromatic carbocycles. The van der Waals surface area contributed by atoms with E-state index in [4.69, 9.17) is 9.63 Å². The Morgan fingerprint density at radius 1 is 1.40 bits per heavy atom. The molecule has 0 atom stereocenters. The van der Waals surface area contributed by atoms with E-state index in [1.54, 1.807) is 0 Å². The van der Waals surface area contributed by atoms with E-state index >= 15 is 0 Å². The molecule has 1 heterocycles. The molecule has 0 aliphatic rings. The molecule has 2 rings (SSSR count). The first-order chi connectivity index (χ1) is 7.24. The molecule has 0 aliphatic carbocycles. The lowest BCUT2D eigenvalue weighted by Crippen LogP contribution is -1.90. The monoisotopic (exact) mass is 202 g/mol. The second-order valence-electron chi connectivity index (χ2n) is 3.38. The lowest BCUT2D eigenvalue weighted by molar-refractivity contribution is 0.266. The van der Waals surface area contributed by atoms with Crippen LogP contribution in [-0.4, -0.2) is 10.3 Å². The van der Waals surface area contributed by atoms with Crippen molar-refractivity contribution in [3.05, 3.63) is 48.2 Å². The molecular weight excluding hydrogens is 190 g/mol. The summed E-state index contributed by atoms with van der Waals surface area (Å²) < 4.78 is 5.06. The van der Waals surface area contributed by atoms with Crippen LogP contribution < -0.4 is 0 Å². The summed E-state index contributed by atoms with van der Waals surface area (Å²) in [6.45, 7) is 5.65. The molecule has 0 unspecified atom stereocenters. The minimum Gasteiger partial charge on any atom is -0.390 e. The third kappa shape index (κ3) is 1.66. The van der Waals surface area contributed by atoms with E-state index in [-0.39, 0.29) is 6.61 Å². The maximum absolute atomic E-state index is 9.14. The number of rotatable bonds is 2. The Hall–Kier alpha value is -1.61. The van der Waals surface area contributed by atoms with Gasteiger partial charge in [0, 0.05) is 0 Å². The zero-order valence-electron chi connectivity index (χ0n) is 8.53. The van der Waals surface area contributed by atoms with Crippen LogP contribution in [0.25, 0.3) is 11.1 Å². The molecule has 3 heteroatoms. The number of nitrogens with zero attached hydrogens (tertiary/aromatic N) is 1. The second-order valence-corrected chi connectivity index (χ2v) is 3.38. The van der Waals surface area contributed by atoms with E-state index in [9.17, 15) is 0 Å². The van der Waals surface area contributed by atoms with Crippen LogP contribution >= 0.6 is 0 Å². The molecule has 0 spiro atoms. The number of aliphatic hydroxyl groups is 1. The fraction of sp³-hybridized carbons (Fsp3) is 0.167. The highest BCUT2D eigenvalue weighted by Crippen LogP contribution is 2.29. The van der Waals surface area contributed by atoms with Gasteiger partial charge in [-0.15, -0.1) is 0 Å². The van der Waals surface area contributed by atoms with Crippen molar-refractivity contribution in [1.82, 2.24) is 5.16 Å². The maximum atomic E-state index is 9.14. The molecule has 1 aromatic heterocycles. The molecule has 1 radical (unpaired) electrons. The Morgan fingerprint density at radius 2 is 2.13 bits per heavy atom. The molecule has 77 valence electrons. The lowest BCUT2D eigenvalue weighted by Gasteiger charge is -2.04. The molecule has 1 N–H and O–H groups in total. The Morgan fingerprint density at radius 3 is 2.80 bits per heavy atom. The molecule has 0 saturated carbocycles. The van der Waals surface area contributed by atoms with Crippen molar-refractivity contribution in [1.29, 1.82) is 0 Å². The van der Waals surface area contributed by atoms with E-state index in [2.05, 4.69) is 12.1 Å². The Bertz CT molecular complexity index is 474. The van der Waals surface area contributed by atoms with Gasteiger partial charge < -0.3 is 9.63 Å². The highest BCUT2D eigenvalue weighted by Gasteiger charge is 2.15. The largest absolute Gasteiger partial charge is 0.390 e. The number of hydrogen-bond donors (Lipinski definition) is 1. The SMILES string of the molecule is [CH2]c1ccccc1-c1c(CO)noc1C. The first-order valence-electron chi connectivity index (χ1n) is 4.71. The molecule has 2 aromatic rings. The standard InChI is InChI=1S/C12H12NO2/c1-8-5-3-4-6-10(8)12-9(2)15-13-11(12)7-14/h3-6,14H,1,7H2,2H3. The van der Waals surface area contributed by atoms with Crippen LogP contribution in [0.3, 0.4) is 0 Å². The third-order valence-corrected chi connectivity index (χ3v) is 2.37.